The van der Waals surface area contributed by atoms with Gasteiger partial charge in [-0.1, -0.05) is 18.2 Å². The Kier molecular flexibility index (Phi) is 4.15. The molecule has 0 aliphatic carbocycles. The van der Waals surface area contributed by atoms with Gasteiger partial charge in [-0.05, 0) is 12.1 Å². The third kappa shape index (κ3) is 2.99. The fourth-order valence-corrected chi connectivity index (χ4v) is 2.60. The first-order valence-electron chi connectivity index (χ1n) is 6.66. The van der Waals surface area contributed by atoms with E-state index in [0.717, 1.165) is 5.75 Å². The molecule has 3 rings (SSSR count). The maximum atomic E-state index is 12.1. The molecular weight excluding hydrogens is 302 g/mol. The van der Waals surface area contributed by atoms with Crippen LogP contribution in [0.15, 0.2) is 52.9 Å². The molecule has 0 spiro atoms. The number of carbonyl (C=O) groups excluding carboxylic acids is 1. The molecule has 22 heavy (non-hydrogen) atoms. The number of benzene rings is 1. The molecule has 2 heterocycles. The highest BCUT2D eigenvalue weighted by Crippen LogP contribution is 2.07. The maximum Gasteiger partial charge on any atom is 0.271 e. The number of nitrogens with one attached hydrogen (secondary N) is 1. The highest BCUT2D eigenvalue weighted by atomic mass is 32.1. The minimum Gasteiger partial charge on any atom is -0.492 e. The van der Waals surface area contributed by atoms with E-state index in [2.05, 4.69) is 10.3 Å². The van der Waals surface area contributed by atoms with Crippen LogP contribution < -0.4 is 15.6 Å². The van der Waals surface area contributed by atoms with Gasteiger partial charge in [0.15, 0.2) is 4.96 Å². The van der Waals surface area contributed by atoms with Crippen LogP contribution in [0.3, 0.4) is 0 Å². The SMILES string of the molecule is O=C(NCCOc1ccccc1)c1cnc2sccn2c1=O. The minimum atomic E-state index is -0.449. The molecule has 1 N–H and O–H groups in total. The second-order valence-electron chi connectivity index (χ2n) is 4.45. The molecule has 0 bridgehead atoms. The van der Waals surface area contributed by atoms with Crippen molar-refractivity contribution in [1.82, 2.24) is 14.7 Å². The van der Waals surface area contributed by atoms with Crippen LogP contribution in [0.5, 0.6) is 5.75 Å². The van der Waals surface area contributed by atoms with E-state index in [-0.39, 0.29) is 11.1 Å². The number of fused-ring (bicyclic) bond motifs is 1. The van der Waals surface area contributed by atoms with Crippen LogP contribution in [-0.2, 0) is 0 Å². The number of rotatable bonds is 5. The first-order valence-corrected chi connectivity index (χ1v) is 7.54. The lowest BCUT2D eigenvalue weighted by molar-refractivity contribution is 0.0945. The van der Waals surface area contributed by atoms with Crippen LogP contribution in [0, 0.1) is 0 Å². The fraction of sp³-hybridized carbons (Fsp3) is 0.133. The van der Waals surface area contributed by atoms with Gasteiger partial charge in [0, 0.05) is 17.8 Å². The van der Waals surface area contributed by atoms with Crippen molar-refractivity contribution in [3.05, 3.63) is 64.0 Å². The van der Waals surface area contributed by atoms with Gasteiger partial charge in [0.2, 0.25) is 0 Å². The summed E-state index contributed by atoms with van der Waals surface area (Å²) in [4.78, 5) is 28.8. The van der Waals surface area contributed by atoms with Crippen LogP contribution in [0.1, 0.15) is 10.4 Å². The molecule has 112 valence electrons. The summed E-state index contributed by atoms with van der Waals surface area (Å²) in [5, 5.41) is 4.40. The number of para-hydroxylation sites is 1. The summed E-state index contributed by atoms with van der Waals surface area (Å²) < 4.78 is 6.83. The molecule has 6 nitrogen and oxygen atoms in total. The normalized spacial score (nSPS) is 10.5. The number of thiazole rings is 1. The lowest BCUT2D eigenvalue weighted by Gasteiger charge is -2.07. The van der Waals surface area contributed by atoms with Crippen LogP contribution in [0.4, 0.5) is 0 Å². The Morgan fingerprint density at radius 2 is 2.14 bits per heavy atom. The summed E-state index contributed by atoms with van der Waals surface area (Å²) in [6, 6.07) is 9.31. The monoisotopic (exact) mass is 315 g/mol. The summed E-state index contributed by atoms with van der Waals surface area (Å²) in [5.74, 6) is 0.285. The lowest BCUT2D eigenvalue weighted by Crippen LogP contribution is -2.33. The molecule has 1 amide bonds. The van der Waals surface area contributed by atoms with Crippen molar-refractivity contribution in [3.8, 4) is 5.75 Å². The summed E-state index contributed by atoms with van der Waals surface area (Å²) >= 11 is 1.34. The Balaban J connectivity index is 1.59. The van der Waals surface area contributed by atoms with E-state index >= 15 is 0 Å². The van der Waals surface area contributed by atoms with Gasteiger partial charge in [-0.25, -0.2) is 4.98 Å². The minimum absolute atomic E-state index is 0.0237. The Bertz CT molecular complexity index is 842. The number of amides is 1. The zero-order valence-corrected chi connectivity index (χ0v) is 12.4. The van der Waals surface area contributed by atoms with Gasteiger partial charge in [-0.3, -0.25) is 14.0 Å². The predicted octanol–water partition coefficient (Wildman–Crippen LogP) is 1.56. The van der Waals surface area contributed by atoms with E-state index in [4.69, 9.17) is 4.74 Å². The molecule has 1 aromatic carbocycles. The molecule has 0 unspecified atom stereocenters. The average molecular weight is 315 g/mol. The third-order valence-corrected chi connectivity index (χ3v) is 3.76. The van der Waals surface area contributed by atoms with Gasteiger partial charge < -0.3 is 10.1 Å². The quantitative estimate of drug-likeness (QED) is 0.725. The van der Waals surface area contributed by atoms with Gasteiger partial charge >= 0.3 is 0 Å². The summed E-state index contributed by atoms with van der Waals surface area (Å²) in [6.07, 6.45) is 2.91. The number of hydrogen-bond donors (Lipinski definition) is 1. The molecule has 0 atom stereocenters. The van der Waals surface area contributed by atoms with E-state index in [1.54, 1.807) is 11.6 Å². The Morgan fingerprint density at radius 3 is 2.95 bits per heavy atom. The highest BCUT2D eigenvalue weighted by molar-refractivity contribution is 7.15. The first kappa shape index (κ1) is 14.3. The van der Waals surface area contributed by atoms with Gasteiger partial charge in [-0.15, -0.1) is 11.3 Å². The zero-order valence-electron chi connectivity index (χ0n) is 11.6. The van der Waals surface area contributed by atoms with Crippen molar-refractivity contribution >= 4 is 22.2 Å². The summed E-state index contributed by atoms with van der Waals surface area (Å²) in [5.41, 5.74) is -0.344. The van der Waals surface area contributed by atoms with E-state index in [1.165, 1.54) is 21.9 Å². The number of aromatic nitrogens is 2. The topological polar surface area (TPSA) is 72.7 Å². The van der Waals surface area contributed by atoms with Gasteiger partial charge in [0.1, 0.15) is 17.9 Å². The standard InChI is InChI=1S/C15H13N3O3S/c19-13(16-6-8-21-11-4-2-1-3-5-11)12-10-17-15-18(14(12)20)7-9-22-15/h1-5,7,9-10H,6,8H2,(H,16,19). The van der Waals surface area contributed by atoms with Gasteiger partial charge in [0.05, 0.1) is 6.54 Å². The van der Waals surface area contributed by atoms with Crippen LogP contribution in [0.25, 0.3) is 4.96 Å². The lowest BCUT2D eigenvalue weighted by atomic mass is 10.3. The van der Waals surface area contributed by atoms with Crippen LogP contribution in [0.2, 0.25) is 0 Å². The summed E-state index contributed by atoms with van der Waals surface area (Å²) in [6.45, 7) is 0.630. The molecule has 2 aromatic heterocycles. The van der Waals surface area contributed by atoms with E-state index in [0.29, 0.717) is 18.1 Å². The summed E-state index contributed by atoms with van der Waals surface area (Å²) in [7, 11) is 0. The van der Waals surface area contributed by atoms with Gasteiger partial charge in [0.25, 0.3) is 11.5 Å². The highest BCUT2D eigenvalue weighted by Gasteiger charge is 2.13. The molecule has 0 radical (unpaired) electrons. The van der Waals surface area contributed by atoms with Crippen molar-refractivity contribution in [1.29, 1.82) is 0 Å². The zero-order chi connectivity index (χ0) is 15.4. The number of carbonyl (C=O) groups is 1. The van der Waals surface area contributed by atoms with Crippen molar-refractivity contribution in [2.24, 2.45) is 0 Å². The molecule has 0 aliphatic rings. The van der Waals surface area contributed by atoms with E-state index in [9.17, 15) is 9.59 Å². The fourth-order valence-electron chi connectivity index (χ4n) is 1.93. The Hall–Kier alpha value is -2.67. The van der Waals surface area contributed by atoms with Gasteiger partial charge in [-0.2, -0.15) is 0 Å². The first-order chi connectivity index (χ1) is 10.8. The molecule has 0 saturated heterocycles. The number of ether oxygens (including phenoxy) is 1. The molecule has 3 aromatic rings. The largest absolute Gasteiger partial charge is 0.492 e. The van der Waals surface area contributed by atoms with Crippen molar-refractivity contribution in [2.45, 2.75) is 0 Å². The second-order valence-corrected chi connectivity index (χ2v) is 5.32. The number of nitrogens with zero attached hydrogens (tertiary/aromatic N) is 2. The average Bonchev–Trinajstić information content (AvgIpc) is 3.02. The second kappa shape index (κ2) is 6.40. The third-order valence-electron chi connectivity index (χ3n) is 2.99. The molecule has 0 aliphatic heterocycles. The maximum absolute atomic E-state index is 12.1. The molecular formula is C15H13N3O3S. The van der Waals surface area contributed by atoms with Crippen LogP contribution >= 0.6 is 11.3 Å². The van der Waals surface area contributed by atoms with Crippen molar-refractivity contribution in [3.63, 3.8) is 0 Å². The number of hydrogen-bond acceptors (Lipinski definition) is 5. The van der Waals surface area contributed by atoms with Crippen molar-refractivity contribution in [2.75, 3.05) is 13.2 Å². The van der Waals surface area contributed by atoms with E-state index < -0.39 is 5.91 Å². The molecule has 0 fully saturated rings. The molecule has 7 heteroatoms. The van der Waals surface area contributed by atoms with E-state index in [1.807, 2.05) is 30.3 Å². The van der Waals surface area contributed by atoms with Crippen LogP contribution in [-0.4, -0.2) is 28.4 Å². The van der Waals surface area contributed by atoms with Crippen molar-refractivity contribution < 1.29 is 9.53 Å². The predicted molar refractivity (Wildman–Crippen MR) is 83.6 cm³/mol. The Morgan fingerprint density at radius 1 is 1.32 bits per heavy atom. The Labute approximate surface area is 130 Å². The molecule has 0 saturated carbocycles. The smallest absolute Gasteiger partial charge is 0.271 e.